The fourth-order valence-electron chi connectivity index (χ4n) is 2.16. The number of nitro benzene ring substituents is 1. The van der Waals surface area contributed by atoms with Gasteiger partial charge in [0, 0.05) is 26.5 Å². The van der Waals surface area contributed by atoms with Crippen molar-refractivity contribution in [2.75, 3.05) is 5.32 Å². The molecule has 0 saturated heterocycles. The molecule has 1 amide bonds. The largest absolute Gasteiger partial charge is 0.332 e. The molecule has 2 aromatic rings. The van der Waals surface area contributed by atoms with Gasteiger partial charge in [-0.3, -0.25) is 20.2 Å². The predicted octanol–water partition coefficient (Wildman–Crippen LogP) is 3.94. The molecule has 0 aliphatic carbocycles. The molecule has 6 nitrogen and oxygen atoms in total. The maximum atomic E-state index is 12.3. The van der Waals surface area contributed by atoms with Gasteiger partial charge >= 0.3 is 0 Å². The minimum absolute atomic E-state index is 0.102. The van der Waals surface area contributed by atoms with Gasteiger partial charge in [-0.25, -0.2) is 0 Å². The molecule has 0 bridgehead atoms. The van der Waals surface area contributed by atoms with E-state index in [4.69, 9.17) is 12.2 Å². The van der Waals surface area contributed by atoms with Crippen LogP contribution in [0.4, 0.5) is 11.4 Å². The van der Waals surface area contributed by atoms with Gasteiger partial charge in [0.15, 0.2) is 5.11 Å². The van der Waals surface area contributed by atoms with Crippen molar-refractivity contribution in [3.05, 3.63) is 66.8 Å². The van der Waals surface area contributed by atoms with Crippen LogP contribution in [0.5, 0.6) is 0 Å². The molecule has 2 rings (SSSR count). The monoisotopic (exact) mass is 455 g/mol. The Morgan fingerprint density at radius 3 is 2.58 bits per heavy atom. The highest BCUT2D eigenvalue weighted by Crippen LogP contribution is 2.21. The SMILES string of the molecule is Cc1cc(I)ccc1NC(=S)NC(=O)c1cccc([N+](=O)[O-])c1C. The van der Waals surface area contributed by atoms with Crippen LogP contribution in [0.2, 0.25) is 0 Å². The summed E-state index contributed by atoms with van der Waals surface area (Å²) in [5.74, 6) is -0.489. The van der Waals surface area contributed by atoms with Crippen molar-refractivity contribution in [1.82, 2.24) is 5.32 Å². The molecule has 0 aliphatic heterocycles. The van der Waals surface area contributed by atoms with Crippen LogP contribution in [0.15, 0.2) is 36.4 Å². The first-order valence-electron chi connectivity index (χ1n) is 6.92. The van der Waals surface area contributed by atoms with E-state index in [0.29, 0.717) is 5.56 Å². The van der Waals surface area contributed by atoms with E-state index < -0.39 is 10.8 Å². The van der Waals surface area contributed by atoms with Crippen LogP contribution in [0, 0.1) is 27.5 Å². The number of anilines is 1. The topological polar surface area (TPSA) is 84.3 Å². The summed E-state index contributed by atoms with van der Waals surface area (Å²) in [6.45, 7) is 3.46. The van der Waals surface area contributed by atoms with Crippen molar-refractivity contribution in [2.45, 2.75) is 13.8 Å². The standard InChI is InChI=1S/C16H14IN3O3S/c1-9-8-11(17)6-7-13(9)18-16(24)19-15(21)12-4-3-5-14(10(12)2)20(22)23/h3-8H,1-2H3,(H2,18,19,21,24). The molecule has 0 aliphatic rings. The number of nitrogens with zero attached hydrogens (tertiary/aromatic N) is 1. The lowest BCUT2D eigenvalue weighted by Gasteiger charge is -2.13. The fraction of sp³-hybridized carbons (Fsp3) is 0.125. The van der Waals surface area contributed by atoms with Crippen molar-refractivity contribution >= 4 is 57.2 Å². The van der Waals surface area contributed by atoms with E-state index in [9.17, 15) is 14.9 Å². The molecule has 0 spiro atoms. The summed E-state index contributed by atoms with van der Waals surface area (Å²) in [5.41, 5.74) is 2.19. The molecule has 2 N–H and O–H groups in total. The summed E-state index contributed by atoms with van der Waals surface area (Å²) in [5, 5.41) is 16.6. The zero-order chi connectivity index (χ0) is 17.9. The highest BCUT2D eigenvalue weighted by atomic mass is 127. The summed E-state index contributed by atoms with van der Waals surface area (Å²) in [4.78, 5) is 22.8. The molecular weight excluding hydrogens is 441 g/mol. The summed E-state index contributed by atoms with van der Waals surface area (Å²) >= 11 is 7.36. The van der Waals surface area contributed by atoms with Crippen molar-refractivity contribution in [2.24, 2.45) is 0 Å². The molecule has 0 fully saturated rings. The first-order valence-corrected chi connectivity index (χ1v) is 8.41. The Labute approximate surface area is 157 Å². The second-order valence-electron chi connectivity index (χ2n) is 5.07. The summed E-state index contributed by atoms with van der Waals surface area (Å²) < 4.78 is 1.10. The normalized spacial score (nSPS) is 10.1. The van der Waals surface area contributed by atoms with E-state index >= 15 is 0 Å². The Bertz CT molecular complexity index is 839. The Morgan fingerprint density at radius 2 is 1.96 bits per heavy atom. The molecule has 0 atom stereocenters. The third kappa shape index (κ3) is 4.26. The smallest absolute Gasteiger partial charge is 0.273 e. The first kappa shape index (κ1) is 18.3. The zero-order valence-electron chi connectivity index (χ0n) is 12.9. The van der Waals surface area contributed by atoms with Gasteiger partial charge in [0.1, 0.15) is 0 Å². The number of halogens is 1. The van der Waals surface area contributed by atoms with Crippen molar-refractivity contribution in [3.63, 3.8) is 0 Å². The number of thiocarbonyl (C=S) groups is 1. The fourth-order valence-corrected chi connectivity index (χ4v) is 3.01. The Morgan fingerprint density at radius 1 is 1.25 bits per heavy atom. The zero-order valence-corrected chi connectivity index (χ0v) is 15.9. The van der Waals surface area contributed by atoms with Crippen LogP contribution in [0.1, 0.15) is 21.5 Å². The van der Waals surface area contributed by atoms with Gasteiger partial charge in [-0.1, -0.05) is 6.07 Å². The number of nitro groups is 1. The summed E-state index contributed by atoms with van der Waals surface area (Å²) in [6, 6.07) is 10.1. The van der Waals surface area contributed by atoms with Crippen LogP contribution in [-0.4, -0.2) is 15.9 Å². The van der Waals surface area contributed by atoms with Gasteiger partial charge < -0.3 is 5.32 Å². The second kappa shape index (κ2) is 7.67. The predicted molar refractivity (Wildman–Crippen MR) is 105 cm³/mol. The molecule has 0 saturated carbocycles. The van der Waals surface area contributed by atoms with E-state index in [2.05, 4.69) is 33.2 Å². The average molecular weight is 455 g/mol. The number of hydrogen-bond acceptors (Lipinski definition) is 4. The maximum absolute atomic E-state index is 12.3. The molecule has 124 valence electrons. The van der Waals surface area contributed by atoms with Crippen LogP contribution in [0.25, 0.3) is 0 Å². The molecule has 24 heavy (non-hydrogen) atoms. The lowest BCUT2D eigenvalue weighted by Crippen LogP contribution is -2.34. The van der Waals surface area contributed by atoms with Gasteiger partial charge in [-0.2, -0.15) is 0 Å². The molecule has 8 heteroatoms. The third-order valence-corrected chi connectivity index (χ3v) is 4.29. The molecule has 0 aromatic heterocycles. The number of hydrogen-bond donors (Lipinski definition) is 2. The number of aryl methyl sites for hydroxylation is 1. The molecule has 0 radical (unpaired) electrons. The van der Waals surface area contributed by atoms with E-state index in [1.807, 2.05) is 25.1 Å². The Kier molecular flexibility index (Phi) is 5.84. The Balaban J connectivity index is 2.13. The summed E-state index contributed by atoms with van der Waals surface area (Å²) in [7, 11) is 0. The number of carbonyl (C=O) groups excluding carboxylic acids is 1. The van der Waals surface area contributed by atoms with Crippen LogP contribution < -0.4 is 10.6 Å². The van der Waals surface area contributed by atoms with Crippen LogP contribution in [-0.2, 0) is 0 Å². The number of benzene rings is 2. The lowest BCUT2D eigenvalue weighted by molar-refractivity contribution is -0.385. The average Bonchev–Trinajstić information content (AvgIpc) is 2.49. The van der Waals surface area contributed by atoms with Crippen molar-refractivity contribution < 1.29 is 9.72 Å². The van der Waals surface area contributed by atoms with Crippen molar-refractivity contribution in [1.29, 1.82) is 0 Å². The van der Waals surface area contributed by atoms with Gasteiger partial charge in [0.25, 0.3) is 11.6 Å². The van der Waals surface area contributed by atoms with E-state index in [0.717, 1.165) is 14.8 Å². The number of carbonyl (C=O) groups is 1. The number of nitrogens with one attached hydrogen (secondary N) is 2. The van der Waals surface area contributed by atoms with Gasteiger partial charge in [0.05, 0.1) is 4.92 Å². The van der Waals surface area contributed by atoms with Crippen molar-refractivity contribution in [3.8, 4) is 0 Å². The number of rotatable bonds is 3. The molecular formula is C16H14IN3O3S. The number of amides is 1. The van der Waals surface area contributed by atoms with Crippen LogP contribution >= 0.6 is 34.8 Å². The second-order valence-corrected chi connectivity index (χ2v) is 6.73. The van der Waals surface area contributed by atoms with Gasteiger partial charge in [0.2, 0.25) is 0 Å². The summed E-state index contributed by atoms with van der Waals surface area (Å²) in [6.07, 6.45) is 0. The van der Waals surface area contributed by atoms with Gasteiger partial charge in [-0.15, -0.1) is 0 Å². The lowest BCUT2D eigenvalue weighted by atomic mass is 10.1. The highest BCUT2D eigenvalue weighted by molar-refractivity contribution is 14.1. The van der Waals surface area contributed by atoms with E-state index in [1.165, 1.54) is 25.1 Å². The van der Waals surface area contributed by atoms with E-state index in [-0.39, 0.29) is 16.4 Å². The minimum atomic E-state index is -0.516. The minimum Gasteiger partial charge on any atom is -0.332 e. The van der Waals surface area contributed by atoms with Gasteiger partial charge in [-0.05, 0) is 78.5 Å². The molecule has 2 aromatic carbocycles. The van der Waals surface area contributed by atoms with Crippen LogP contribution in [0.3, 0.4) is 0 Å². The Hall–Kier alpha value is -2.07. The molecule has 0 heterocycles. The highest BCUT2D eigenvalue weighted by Gasteiger charge is 2.18. The van der Waals surface area contributed by atoms with E-state index in [1.54, 1.807) is 0 Å². The molecule has 0 unspecified atom stereocenters. The quantitative estimate of drug-likeness (QED) is 0.317. The first-order chi connectivity index (χ1) is 11.3. The third-order valence-electron chi connectivity index (χ3n) is 3.41. The maximum Gasteiger partial charge on any atom is 0.273 e.